The van der Waals surface area contributed by atoms with E-state index in [0.717, 1.165) is 43.9 Å². The molecule has 3 aromatic heterocycles. The maximum atomic E-state index is 13.3. The molecule has 1 saturated heterocycles. The van der Waals surface area contributed by atoms with Crippen molar-refractivity contribution in [3.63, 3.8) is 0 Å². The third kappa shape index (κ3) is 3.73. The summed E-state index contributed by atoms with van der Waals surface area (Å²) in [5.74, 6) is 0.334. The van der Waals surface area contributed by atoms with Crippen LogP contribution in [0.2, 0.25) is 0 Å². The zero-order valence-electron chi connectivity index (χ0n) is 16.7. The number of hydrogen-bond acceptors (Lipinski definition) is 5. The zero-order chi connectivity index (χ0) is 20.5. The summed E-state index contributed by atoms with van der Waals surface area (Å²) in [4.78, 5) is 28.4. The number of nitrogens with one attached hydrogen (secondary N) is 1. The summed E-state index contributed by atoms with van der Waals surface area (Å²) >= 11 is 1.62. The van der Waals surface area contributed by atoms with Gasteiger partial charge in [0.05, 0.1) is 6.54 Å². The van der Waals surface area contributed by atoms with Crippen molar-refractivity contribution in [2.75, 3.05) is 19.6 Å². The molecule has 2 aliphatic heterocycles. The van der Waals surface area contributed by atoms with Gasteiger partial charge in [0.1, 0.15) is 6.04 Å². The molecule has 1 amide bonds. The summed E-state index contributed by atoms with van der Waals surface area (Å²) in [6, 6.07) is 8.88. The molecule has 0 spiro atoms. The lowest BCUT2D eigenvalue weighted by Gasteiger charge is -2.46. The molecule has 2 bridgehead atoms. The van der Waals surface area contributed by atoms with Crippen LogP contribution in [0.5, 0.6) is 0 Å². The van der Waals surface area contributed by atoms with Gasteiger partial charge < -0.3 is 10.2 Å². The number of fused-ring (bicyclic) bond motifs is 4. The van der Waals surface area contributed by atoms with E-state index in [2.05, 4.69) is 15.3 Å². The largest absolute Gasteiger partial charge is 0.350 e. The molecule has 30 heavy (non-hydrogen) atoms. The van der Waals surface area contributed by atoms with Crippen LogP contribution in [0.25, 0.3) is 0 Å². The van der Waals surface area contributed by atoms with E-state index in [1.807, 2.05) is 45.9 Å². The fourth-order valence-electron chi connectivity index (χ4n) is 4.91. The minimum Gasteiger partial charge on any atom is -0.350 e. The second-order valence-corrected chi connectivity index (χ2v) is 8.95. The Morgan fingerprint density at radius 3 is 2.93 bits per heavy atom. The molecule has 7 nitrogen and oxygen atoms in total. The Hall–Kier alpha value is -2.71. The molecule has 0 saturated carbocycles. The van der Waals surface area contributed by atoms with Gasteiger partial charge in [0.15, 0.2) is 0 Å². The summed E-state index contributed by atoms with van der Waals surface area (Å²) in [6.07, 6.45) is 4.71. The van der Waals surface area contributed by atoms with Gasteiger partial charge in [-0.2, -0.15) is 16.4 Å². The fraction of sp³-hybridized carbons (Fsp3) is 0.409. The SMILES string of the molecule is O=C(NCc1ccsc1)[C@H]1[C@H]2C[C@H](CN(CCn3cccn3)C2)c2cccc(=O)n21. The molecular formula is C22H25N5O2S. The Bertz CT molecular complexity index is 1060. The van der Waals surface area contributed by atoms with Crippen LogP contribution in [0.3, 0.4) is 0 Å². The van der Waals surface area contributed by atoms with Gasteiger partial charge in [-0.15, -0.1) is 0 Å². The minimum atomic E-state index is -0.462. The highest BCUT2D eigenvalue weighted by atomic mass is 32.1. The van der Waals surface area contributed by atoms with E-state index in [1.54, 1.807) is 28.2 Å². The number of pyridine rings is 1. The molecule has 3 atom stereocenters. The number of likely N-dealkylation sites (tertiary alicyclic amines) is 1. The molecule has 1 N–H and O–H groups in total. The van der Waals surface area contributed by atoms with Gasteiger partial charge in [-0.3, -0.25) is 18.8 Å². The van der Waals surface area contributed by atoms with E-state index < -0.39 is 6.04 Å². The number of carbonyl (C=O) groups is 1. The van der Waals surface area contributed by atoms with Crippen molar-refractivity contribution in [1.82, 2.24) is 24.6 Å². The topological polar surface area (TPSA) is 72.2 Å². The monoisotopic (exact) mass is 423 g/mol. The van der Waals surface area contributed by atoms with Crippen molar-refractivity contribution in [2.24, 2.45) is 5.92 Å². The molecule has 0 radical (unpaired) electrons. The van der Waals surface area contributed by atoms with Crippen LogP contribution in [0.15, 0.2) is 58.3 Å². The van der Waals surface area contributed by atoms with Crippen LogP contribution in [0.1, 0.15) is 29.6 Å². The van der Waals surface area contributed by atoms with E-state index in [0.29, 0.717) is 6.54 Å². The Morgan fingerprint density at radius 2 is 2.13 bits per heavy atom. The van der Waals surface area contributed by atoms with Crippen LogP contribution in [0.4, 0.5) is 0 Å². The number of nitrogens with zero attached hydrogens (tertiary/aromatic N) is 4. The van der Waals surface area contributed by atoms with Crippen LogP contribution in [0, 0.1) is 5.92 Å². The molecule has 5 heterocycles. The van der Waals surface area contributed by atoms with Crippen LogP contribution in [-0.4, -0.2) is 44.8 Å². The van der Waals surface area contributed by atoms with Gasteiger partial charge in [0.2, 0.25) is 5.91 Å². The Balaban J connectivity index is 1.38. The van der Waals surface area contributed by atoms with Crippen LogP contribution < -0.4 is 10.9 Å². The predicted molar refractivity (Wildman–Crippen MR) is 115 cm³/mol. The predicted octanol–water partition coefficient (Wildman–Crippen LogP) is 2.08. The van der Waals surface area contributed by atoms with Gasteiger partial charge in [-0.05, 0) is 40.9 Å². The molecule has 1 fully saturated rings. The number of hydrogen-bond donors (Lipinski definition) is 1. The zero-order valence-corrected chi connectivity index (χ0v) is 17.5. The minimum absolute atomic E-state index is 0.0619. The van der Waals surface area contributed by atoms with Crippen molar-refractivity contribution in [2.45, 2.75) is 31.5 Å². The summed E-state index contributed by atoms with van der Waals surface area (Å²) in [5, 5.41) is 11.4. The van der Waals surface area contributed by atoms with Crippen molar-refractivity contribution in [3.8, 4) is 0 Å². The van der Waals surface area contributed by atoms with Gasteiger partial charge in [-0.1, -0.05) is 6.07 Å². The van der Waals surface area contributed by atoms with E-state index >= 15 is 0 Å². The third-order valence-corrected chi connectivity index (χ3v) is 6.97. The second kappa shape index (κ2) is 8.20. The fourth-order valence-corrected chi connectivity index (χ4v) is 5.58. The molecular weight excluding hydrogens is 398 g/mol. The summed E-state index contributed by atoms with van der Waals surface area (Å²) < 4.78 is 3.69. The average molecular weight is 424 g/mol. The summed E-state index contributed by atoms with van der Waals surface area (Å²) in [5.41, 5.74) is 1.99. The highest BCUT2D eigenvalue weighted by Gasteiger charge is 2.43. The first kappa shape index (κ1) is 19.3. The van der Waals surface area contributed by atoms with Crippen molar-refractivity contribution >= 4 is 17.2 Å². The highest BCUT2D eigenvalue weighted by Crippen LogP contribution is 2.41. The number of carbonyl (C=O) groups excluding carboxylic acids is 1. The lowest BCUT2D eigenvalue weighted by atomic mass is 9.78. The molecule has 0 unspecified atom stereocenters. The van der Waals surface area contributed by atoms with E-state index in [9.17, 15) is 9.59 Å². The first-order valence-electron chi connectivity index (χ1n) is 10.4. The Labute approximate surface area is 178 Å². The molecule has 5 rings (SSSR count). The molecule has 2 aliphatic rings. The van der Waals surface area contributed by atoms with Gasteiger partial charge >= 0.3 is 0 Å². The third-order valence-electron chi connectivity index (χ3n) is 6.24. The van der Waals surface area contributed by atoms with Gasteiger partial charge in [-0.25, -0.2) is 0 Å². The standard InChI is InChI=1S/C22H25N5O2S/c28-20-4-1-3-19-17-11-18(14-25(13-17)8-9-26-7-2-6-24-26)21(27(19)20)22(29)23-12-16-5-10-30-15-16/h1-7,10,15,17-18,21H,8-9,11-14H2,(H,23,29)/t17-,18+,21-/m1/s1. The van der Waals surface area contributed by atoms with E-state index in [4.69, 9.17) is 0 Å². The van der Waals surface area contributed by atoms with Crippen molar-refractivity contribution in [3.05, 3.63) is 75.1 Å². The normalized spacial score (nSPS) is 23.1. The van der Waals surface area contributed by atoms with Crippen molar-refractivity contribution < 1.29 is 4.79 Å². The van der Waals surface area contributed by atoms with E-state index in [-0.39, 0.29) is 23.3 Å². The van der Waals surface area contributed by atoms with Crippen LogP contribution in [-0.2, 0) is 17.9 Å². The number of aromatic nitrogens is 3. The summed E-state index contributed by atoms with van der Waals surface area (Å²) in [6.45, 7) is 3.92. The van der Waals surface area contributed by atoms with E-state index in [1.165, 1.54) is 0 Å². The van der Waals surface area contributed by atoms with Gasteiger partial charge in [0.25, 0.3) is 5.56 Å². The van der Waals surface area contributed by atoms with Crippen molar-refractivity contribution in [1.29, 1.82) is 0 Å². The Morgan fingerprint density at radius 1 is 1.20 bits per heavy atom. The summed E-state index contributed by atoms with van der Waals surface area (Å²) in [7, 11) is 0. The first-order chi connectivity index (χ1) is 14.7. The quantitative estimate of drug-likeness (QED) is 0.659. The highest BCUT2D eigenvalue weighted by molar-refractivity contribution is 7.07. The second-order valence-electron chi connectivity index (χ2n) is 8.17. The average Bonchev–Trinajstić information content (AvgIpc) is 3.45. The van der Waals surface area contributed by atoms with Crippen LogP contribution >= 0.6 is 11.3 Å². The lowest BCUT2D eigenvalue weighted by molar-refractivity contribution is -0.128. The maximum absolute atomic E-state index is 13.3. The number of thiophene rings is 1. The number of amides is 1. The molecule has 0 aromatic carbocycles. The molecule has 156 valence electrons. The molecule has 3 aromatic rings. The number of rotatable bonds is 6. The number of piperidine rings is 1. The van der Waals surface area contributed by atoms with Gasteiger partial charge in [0, 0.05) is 62.2 Å². The lowest BCUT2D eigenvalue weighted by Crippen LogP contribution is -2.53. The molecule has 8 heteroatoms. The first-order valence-corrected chi connectivity index (χ1v) is 11.3. The Kier molecular flexibility index (Phi) is 5.26. The maximum Gasteiger partial charge on any atom is 0.251 e. The molecule has 0 aliphatic carbocycles. The smallest absolute Gasteiger partial charge is 0.251 e.